The summed E-state index contributed by atoms with van der Waals surface area (Å²) in [6.07, 6.45) is 1.19. The summed E-state index contributed by atoms with van der Waals surface area (Å²) in [6.45, 7) is 7.84. The molecule has 0 unspecified atom stereocenters. The molecule has 5 rings (SSSR count). The molecule has 43 heavy (non-hydrogen) atoms. The zero-order valence-corrected chi connectivity index (χ0v) is 25.2. The number of anilines is 1. The van der Waals surface area contributed by atoms with Crippen LogP contribution in [-0.2, 0) is 16.8 Å². The molecule has 0 bridgehead atoms. The van der Waals surface area contributed by atoms with Crippen LogP contribution < -0.4 is 20.0 Å². The summed E-state index contributed by atoms with van der Waals surface area (Å²) in [5.74, 6) is 1.53. The maximum atomic E-state index is 12.5. The molecule has 0 atom stereocenters. The van der Waals surface area contributed by atoms with E-state index in [0.717, 1.165) is 57.9 Å². The molecule has 5 aromatic rings. The fraction of sp³-hybridized carbons (Fsp3) is 0.243. The first-order chi connectivity index (χ1) is 21.0. The minimum absolute atomic E-state index is 0.352. The van der Waals surface area contributed by atoms with Gasteiger partial charge in [-0.15, -0.1) is 0 Å². The van der Waals surface area contributed by atoms with Gasteiger partial charge in [-0.05, 0) is 85.3 Å². The van der Waals surface area contributed by atoms with Crippen molar-refractivity contribution in [2.45, 2.75) is 32.3 Å². The molecular formula is C37H38NO5. The van der Waals surface area contributed by atoms with Crippen LogP contribution >= 0.6 is 0 Å². The van der Waals surface area contributed by atoms with Crippen LogP contribution in [0.4, 0.5) is 5.69 Å². The molecule has 4 aromatic carbocycles. The van der Waals surface area contributed by atoms with Gasteiger partial charge in [-0.3, -0.25) is 0 Å². The highest BCUT2D eigenvalue weighted by molar-refractivity contribution is 5.83. The van der Waals surface area contributed by atoms with Gasteiger partial charge < -0.3 is 23.5 Å². The second-order valence-electron chi connectivity index (χ2n) is 10.3. The molecule has 0 amide bonds. The highest BCUT2D eigenvalue weighted by Crippen LogP contribution is 2.42. The molecule has 6 heteroatoms. The van der Waals surface area contributed by atoms with Crippen molar-refractivity contribution in [1.29, 1.82) is 0 Å². The number of aryl methyl sites for hydroxylation is 1. The molecule has 0 aliphatic rings. The molecule has 1 heterocycles. The SMILES string of the molecule is CCN(CC)c1ccc2c(CC[CH]OC(c3ccccc3)(c3ccc(OC)cc3)c3ccc(OC)cc3)cc(=O)oc2c1. The Morgan fingerprint density at radius 1 is 0.744 bits per heavy atom. The van der Waals surface area contributed by atoms with E-state index >= 15 is 0 Å². The number of hydrogen-bond acceptors (Lipinski definition) is 6. The maximum absolute atomic E-state index is 12.5. The van der Waals surface area contributed by atoms with Crippen LogP contribution in [0, 0.1) is 6.61 Å². The van der Waals surface area contributed by atoms with Crippen molar-refractivity contribution in [3.8, 4) is 11.5 Å². The van der Waals surface area contributed by atoms with Gasteiger partial charge in [0.1, 0.15) is 22.7 Å². The van der Waals surface area contributed by atoms with E-state index < -0.39 is 5.60 Å². The summed E-state index contributed by atoms with van der Waals surface area (Å²) >= 11 is 0. The van der Waals surface area contributed by atoms with E-state index in [-0.39, 0.29) is 5.63 Å². The lowest BCUT2D eigenvalue weighted by Crippen LogP contribution is -2.32. The standard InChI is InChI=1S/C37H38NO5/c1-5-38(6-2)31-18-23-34-27(25-36(39)43-35(34)26-31)11-10-24-42-37(28-12-8-7-9-13-28,29-14-19-32(40-3)20-15-29)30-16-21-33(41-4)22-17-30/h7-9,12-26H,5-6,10-11H2,1-4H3. The highest BCUT2D eigenvalue weighted by atomic mass is 16.5. The van der Waals surface area contributed by atoms with Crippen molar-refractivity contribution in [3.05, 3.63) is 142 Å². The Labute approximate surface area is 253 Å². The summed E-state index contributed by atoms with van der Waals surface area (Å²) < 4.78 is 23.4. The molecule has 221 valence electrons. The molecule has 0 aliphatic carbocycles. The van der Waals surface area contributed by atoms with E-state index in [4.69, 9.17) is 18.6 Å². The Morgan fingerprint density at radius 3 is 1.88 bits per heavy atom. The van der Waals surface area contributed by atoms with Crippen molar-refractivity contribution < 1.29 is 18.6 Å². The van der Waals surface area contributed by atoms with E-state index in [1.807, 2.05) is 85.5 Å². The predicted octanol–water partition coefficient (Wildman–Crippen LogP) is 7.76. The van der Waals surface area contributed by atoms with Crippen molar-refractivity contribution in [1.82, 2.24) is 0 Å². The summed E-state index contributed by atoms with van der Waals surface area (Å²) in [7, 11) is 3.32. The van der Waals surface area contributed by atoms with Crippen LogP contribution in [0.5, 0.6) is 11.5 Å². The lowest BCUT2D eigenvalue weighted by Gasteiger charge is -2.36. The van der Waals surface area contributed by atoms with Crippen molar-refractivity contribution >= 4 is 16.7 Å². The largest absolute Gasteiger partial charge is 0.497 e. The van der Waals surface area contributed by atoms with Crippen LogP contribution in [0.2, 0.25) is 0 Å². The second-order valence-corrected chi connectivity index (χ2v) is 10.3. The van der Waals surface area contributed by atoms with Gasteiger partial charge in [-0.25, -0.2) is 4.79 Å². The second kappa shape index (κ2) is 13.6. The van der Waals surface area contributed by atoms with E-state index in [0.29, 0.717) is 18.4 Å². The van der Waals surface area contributed by atoms with Gasteiger partial charge in [0, 0.05) is 36.3 Å². The molecule has 0 fully saturated rings. The smallest absolute Gasteiger partial charge is 0.336 e. The van der Waals surface area contributed by atoms with Crippen LogP contribution in [0.15, 0.2) is 112 Å². The quantitative estimate of drug-likeness (QED) is 0.0811. The Hall–Kier alpha value is -4.55. The first-order valence-electron chi connectivity index (χ1n) is 14.7. The molecule has 0 spiro atoms. The molecule has 1 aromatic heterocycles. The number of methoxy groups -OCH3 is 2. The van der Waals surface area contributed by atoms with E-state index in [9.17, 15) is 4.79 Å². The molecule has 1 radical (unpaired) electrons. The Balaban J connectivity index is 1.48. The lowest BCUT2D eigenvalue weighted by atomic mass is 9.80. The summed E-state index contributed by atoms with van der Waals surface area (Å²) in [5, 5.41) is 0.934. The van der Waals surface area contributed by atoms with Gasteiger partial charge in [-0.1, -0.05) is 54.6 Å². The maximum Gasteiger partial charge on any atom is 0.336 e. The highest BCUT2D eigenvalue weighted by Gasteiger charge is 2.38. The first kappa shape index (κ1) is 29.9. The van der Waals surface area contributed by atoms with Crippen molar-refractivity contribution in [3.63, 3.8) is 0 Å². The molecule has 6 nitrogen and oxygen atoms in total. The number of ether oxygens (including phenoxy) is 3. The zero-order chi connectivity index (χ0) is 30.2. The van der Waals surface area contributed by atoms with Gasteiger partial charge in [-0.2, -0.15) is 0 Å². The Kier molecular flexibility index (Phi) is 9.48. The average molecular weight is 577 g/mol. The average Bonchev–Trinajstić information content (AvgIpc) is 3.06. The summed E-state index contributed by atoms with van der Waals surface area (Å²) in [6, 6.07) is 33.8. The minimum Gasteiger partial charge on any atom is -0.497 e. The number of nitrogens with zero attached hydrogens (tertiary/aromatic N) is 1. The third-order valence-electron chi connectivity index (χ3n) is 7.91. The number of rotatable bonds is 13. The third-order valence-corrected chi connectivity index (χ3v) is 7.91. The number of benzene rings is 4. The van der Waals surface area contributed by atoms with Crippen LogP contribution in [-0.4, -0.2) is 27.3 Å². The summed E-state index contributed by atoms with van der Waals surface area (Å²) in [4.78, 5) is 14.8. The Morgan fingerprint density at radius 2 is 1.33 bits per heavy atom. The van der Waals surface area contributed by atoms with Crippen LogP contribution in [0.1, 0.15) is 42.5 Å². The fourth-order valence-corrected chi connectivity index (χ4v) is 5.64. The first-order valence-corrected chi connectivity index (χ1v) is 14.7. The van der Waals surface area contributed by atoms with E-state index in [1.54, 1.807) is 20.3 Å². The molecule has 0 N–H and O–H groups in total. The number of fused-ring (bicyclic) bond motifs is 1. The van der Waals surface area contributed by atoms with Gasteiger partial charge in [0.15, 0.2) is 0 Å². The summed E-state index contributed by atoms with van der Waals surface area (Å²) in [5.41, 5.74) is 4.17. The third kappa shape index (κ3) is 6.30. The van der Waals surface area contributed by atoms with E-state index in [2.05, 4.69) is 36.9 Å². The van der Waals surface area contributed by atoms with Gasteiger partial charge in [0.05, 0.1) is 20.8 Å². The molecule has 0 saturated carbocycles. The normalized spacial score (nSPS) is 11.4. The van der Waals surface area contributed by atoms with Crippen molar-refractivity contribution in [2.24, 2.45) is 0 Å². The minimum atomic E-state index is -0.934. The van der Waals surface area contributed by atoms with Gasteiger partial charge in [0.25, 0.3) is 0 Å². The Bertz CT molecular complexity index is 1630. The zero-order valence-electron chi connectivity index (χ0n) is 25.2. The predicted molar refractivity (Wildman–Crippen MR) is 172 cm³/mol. The van der Waals surface area contributed by atoms with Crippen molar-refractivity contribution in [2.75, 3.05) is 32.2 Å². The monoisotopic (exact) mass is 576 g/mol. The topological polar surface area (TPSA) is 61.1 Å². The fourth-order valence-electron chi connectivity index (χ4n) is 5.64. The lowest BCUT2D eigenvalue weighted by molar-refractivity contribution is 0.0571. The molecule has 0 saturated heterocycles. The van der Waals surface area contributed by atoms with Gasteiger partial charge in [0.2, 0.25) is 0 Å². The molecule has 0 aliphatic heterocycles. The van der Waals surface area contributed by atoms with Crippen LogP contribution in [0.25, 0.3) is 11.0 Å². The number of hydrogen-bond donors (Lipinski definition) is 0. The van der Waals surface area contributed by atoms with Crippen LogP contribution in [0.3, 0.4) is 0 Å². The molecular weight excluding hydrogens is 538 g/mol. The van der Waals surface area contributed by atoms with Gasteiger partial charge >= 0.3 is 5.63 Å². The van der Waals surface area contributed by atoms with E-state index in [1.165, 1.54) is 0 Å².